The molecule has 0 aliphatic rings. The number of aryl methyl sites for hydroxylation is 1. The first-order valence-electron chi connectivity index (χ1n) is 6.85. The third-order valence-corrected chi connectivity index (χ3v) is 3.87. The van der Waals surface area contributed by atoms with Crippen molar-refractivity contribution in [1.82, 2.24) is 9.97 Å². The van der Waals surface area contributed by atoms with E-state index >= 15 is 0 Å². The summed E-state index contributed by atoms with van der Waals surface area (Å²) < 4.78 is 13.9. The van der Waals surface area contributed by atoms with Gasteiger partial charge in [-0.2, -0.15) is 0 Å². The summed E-state index contributed by atoms with van der Waals surface area (Å²) in [5, 5.41) is 3.36. The highest BCUT2D eigenvalue weighted by Gasteiger charge is 2.07. The SMILES string of the molecule is Fc1cc2[nH]c(CCCNc3ccccc3)nc2cc1Br. The minimum Gasteiger partial charge on any atom is -0.385 e. The predicted molar refractivity (Wildman–Crippen MR) is 87.0 cm³/mol. The summed E-state index contributed by atoms with van der Waals surface area (Å²) in [4.78, 5) is 7.64. The highest BCUT2D eigenvalue weighted by atomic mass is 79.9. The van der Waals surface area contributed by atoms with Gasteiger partial charge in [-0.25, -0.2) is 9.37 Å². The van der Waals surface area contributed by atoms with E-state index in [1.165, 1.54) is 6.07 Å². The molecule has 1 aromatic heterocycles. The smallest absolute Gasteiger partial charge is 0.139 e. The predicted octanol–water partition coefficient (Wildman–Crippen LogP) is 4.51. The second kappa shape index (κ2) is 6.26. The van der Waals surface area contributed by atoms with Crippen molar-refractivity contribution in [3.63, 3.8) is 0 Å². The maximum absolute atomic E-state index is 13.4. The summed E-state index contributed by atoms with van der Waals surface area (Å²) in [6, 6.07) is 13.3. The molecule has 0 fully saturated rings. The van der Waals surface area contributed by atoms with Crippen LogP contribution in [0.2, 0.25) is 0 Å². The molecule has 3 rings (SSSR count). The summed E-state index contributed by atoms with van der Waals surface area (Å²) in [5.74, 6) is 0.612. The molecule has 21 heavy (non-hydrogen) atoms. The van der Waals surface area contributed by atoms with Gasteiger partial charge in [0.2, 0.25) is 0 Å². The average molecular weight is 348 g/mol. The lowest BCUT2D eigenvalue weighted by molar-refractivity contribution is 0.623. The highest BCUT2D eigenvalue weighted by Crippen LogP contribution is 2.22. The molecule has 0 atom stereocenters. The summed E-state index contributed by atoms with van der Waals surface area (Å²) in [7, 11) is 0. The molecule has 2 aromatic carbocycles. The Balaban J connectivity index is 1.58. The number of fused-ring (bicyclic) bond motifs is 1. The van der Waals surface area contributed by atoms with Crippen LogP contribution < -0.4 is 5.32 Å². The number of para-hydroxylation sites is 1. The van der Waals surface area contributed by atoms with Crippen molar-refractivity contribution in [3.8, 4) is 0 Å². The van der Waals surface area contributed by atoms with Gasteiger partial charge in [-0.15, -0.1) is 0 Å². The number of benzene rings is 2. The van der Waals surface area contributed by atoms with Gasteiger partial charge < -0.3 is 10.3 Å². The second-order valence-corrected chi connectivity index (χ2v) is 5.72. The van der Waals surface area contributed by atoms with Crippen LogP contribution in [0.1, 0.15) is 12.2 Å². The van der Waals surface area contributed by atoms with Gasteiger partial charge in [0.1, 0.15) is 11.6 Å². The Bertz CT molecular complexity index is 701. The van der Waals surface area contributed by atoms with Gasteiger partial charge in [-0.1, -0.05) is 18.2 Å². The number of imidazole rings is 1. The van der Waals surface area contributed by atoms with E-state index in [4.69, 9.17) is 0 Å². The average Bonchev–Trinajstić information content (AvgIpc) is 2.87. The van der Waals surface area contributed by atoms with E-state index in [2.05, 4.69) is 31.2 Å². The van der Waals surface area contributed by atoms with E-state index in [-0.39, 0.29) is 5.82 Å². The van der Waals surface area contributed by atoms with Gasteiger partial charge in [0.25, 0.3) is 0 Å². The standard InChI is InChI=1S/C16H15BrFN3/c17-12-9-14-15(10-13(12)18)21-16(20-14)7-4-8-19-11-5-2-1-3-6-11/h1-3,5-6,9-10,19H,4,7-8H2,(H,20,21). The molecule has 0 aliphatic carbocycles. The molecule has 2 N–H and O–H groups in total. The summed E-state index contributed by atoms with van der Waals surface area (Å²) in [6.07, 6.45) is 1.78. The molecular weight excluding hydrogens is 333 g/mol. The Labute approximate surface area is 130 Å². The molecule has 0 saturated carbocycles. The molecule has 0 amide bonds. The number of aromatic amines is 1. The van der Waals surface area contributed by atoms with Crippen LogP contribution >= 0.6 is 15.9 Å². The van der Waals surface area contributed by atoms with Gasteiger partial charge in [0, 0.05) is 24.7 Å². The number of H-pyrrole nitrogens is 1. The van der Waals surface area contributed by atoms with Gasteiger partial charge in [-0.3, -0.25) is 0 Å². The lowest BCUT2D eigenvalue weighted by Gasteiger charge is -2.04. The Morgan fingerprint density at radius 2 is 2.00 bits per heavy atom. The first-order valence-corrected chi connectivity index (χ1v) is 7.64. The number of aromatic nitrogens is 2. The number of hydrogen-bond donors (Lipinski definition) is 2. The Morgan fingerprint density at radius 1 is 1.19 bits per heavy atom. The molecule has 3 nitrogen and oxygen atoms in total. The van der Waals surface area contributed by atoms with Gasteiger partial charge in [-0.05, 0) is 40.5 Å². The van der Waals surface area contributed by atoms with Crippen molar-refractivity contribution in [2.45, 2.75) is 12.8 Å². The zero-order chi connectivity index (χ0) is 14.7. The molecule has 0 unspecified atom stereocenters. The Hall–Kier alpha value is -1.88. The molecule has 5 heteroatoms. The van der Waals surface area contributed by atoms with Crippen LogP contribution in [0.4, 0.5) is 10.1 Å². The largest absolute Gasteiger partial charge is 0.385 e. The minimum atomic E-state index is -0.275. The maximum Gasteiger partial charge on any atom is 0.139 e. The van der Waals surface area contributed by atoms with Crippen LogP contribution in [0, 0.1) is 5.82 Å². The van der Waals surface area contributed by atoms with Crippen LogP contribution in [0.5, 0.6) is 0 Å². The molecule has 108 valence electrons. The van der Waals surface area contributed by atoms with Crippen molar-refractivity contribution in [1.29, 1.82) is 0 Å². The molecule has 0 saturated heterocycles. The zero-order valence-corrected chi connectivity index (χ0v) is 13.0. The minimum absolute atomic E-state index is 0.275. The van der Waals surface area contributed by atoms with E-state index in [0.717, 1.165) is 41.9 Å². The topological polar surface area (TPSA) is 40.7 Å². The number of hydrogen-bond acceptors (Lipinski definition) is 2. The molecule has 0 radical (unpaired) electrons. The van der Waals surface area contributed by atoms with E-state index in [9.17, 15) is 4.39 Å². The van der Waals surface area contributed by atoms with Crippen LogP contribution in [0.25, 0.3) is 11.0 Å². The molecule has 3 aromatic rings. The first kappa shape index (κ1) is 14.1. The van der Waals surface area contributed by atoms with Crippen LogP contribution in [0.3, 0.4) is 0 Å². The number of rotatable bonds is 5. The number of nitrogens with one attached hydrogen (secondary N) is 2. The third-order valence-electron chi connectivity index (χ3n) is 3.27. The normalized spacial score (nSPS) is 11.0. The molecule has 0 spiro atoms. The highest BCUT2D eigenvalue weighted by molar-refractivity contribution is 9.10. The van der Waals surface area contributed by atoms with E-state index < -0.39 is 0 Å². The molecule has 0 aliphatic heterocycles. The fraction of sp³-hybridized carbons (Fsp3) is 0.188. The molecule has 0 bridgehead atoms. The van der Waals surface area contributed by atoms with Gasteiger partial charge >= 0.3 is 0 Å². The molecular formula is C16H15BrFN3. The fourth-order valence-corrected chi connectivity index (χ4v) is 2.55. The summed E-state index contributed by atoms with van der Waals surface area (Å²) in [6.45, 7) is 0.874. The Kier molecular flexibility index (Phi) is 4.20. The molecule has 1 heterocycles. The van der Waals surface area contributed by atoms with Crippen molar-refractivity contribution >= 4 is 32.7 Å². The quantitative estimate of drug-likeness (QED) is 0.666. The van der Waals surface area contributed by atoms with E-state index in [1.54, 1.807) is 6.07 Å². The second-order valence-electron chi connectivity index (χ2n) is 4.86. The fourth-order valence-electron chi connectivity index (χ4n) is 2.22. The lowest BCUT2D eigenvalue weighted by atomic mass is 10.2. The maximum atomic E-state index is 13.4. The van der Waals surface area contributed by atoms with Crippen molar-refractivity contribution in [2.75, 3.05) is 11.9 Å². The monoisotopic (exact) mass is 347 g/mol. The van der Waals surface area contributed by atoms with E-state index in [1.807, 2.05) is 30.3 Å². The number of anilines is 1. The van der Waals surface area contributed by atoms with Crippen LogP contribution in [-0.4, -0.2) is 16.5 Å². The summed E-state index contributed by atoms with van der Waals surface area (Å²) >= 11 is 3.18. The van der Waals surface area contributed by atoms with Gasteiger partial charge in [0.15, 0.2) is 0 Å². The van der Waals surface area contributed by atoms with Crippen molar-refractivity contribution < 1.29 is 4.39 Å². The first-order chi connectivity index (χ1) is 10.2. The zero-order valence-electron chi connectivity index (χ0n) is 11.4. The van der Waals surface area contributed by atoms with E-state index in [0.29, 0.717) is 4.47 Å². The Morgan fingerprint density at radius 3 is 2.81 bits per heavy atom. The number of nitrogens with zero attached hydrogens (tertiary/aromatic N) is 1. The lowest BCUT2D eigenvalue weighted by Crippen LogP contribution is -2.03. The van der Waals surface area contributed by atoms with Crippen LogP contribution in [0.15, 0.2) is 46.9 Å². The third kappa shape index (κ3) is 3.42. The number of halogens is 2. The van der Waals surface area contributed by atoms with Crippen molar-refractivity contribution in [3.05, 3.63) is 58.6 Å². The van der Waals surface area contributed by atoms with Crippen LogP contribution in [-0.2, 0) is 6.42 Å². The summed E-state index contributed by atoms with van der Waals surface area (Å²) in [5.41, 5.74) is 2.64. The van der Waals surface area contributed by atoms with Crippen molar-refractivity contribution in [2.24, 2.45) is 0 Å². The van der Waals surface area contributed by atoms with Gasteiger partial charge in [0.05, 0.1) is 15.5 Å².